The van der Waals surface area contributed by atoms with E-state index in [4.69, 9.17) is 0 Å². The molecule has 0 unspecified atom stereocenters. The van der Waals surface area contributed by atoms with Crippen molar-refractivity contribution >= 4 is 23.1 Å². The Morgan fingerprint density at radius 2 is 1.74 bits per heavy atom. The third-order valence-electron chi connectivity index (χ3n) is 4.52. The fourth-order valence-corrected chi connectivity index (χ4v) is 4.31. The first kappa shape index (κ1) is 17.9. The smallest absolute Gasteiger partial charge is 0.340 e. The first-order valence-electron chi connectivity index (χ1n) is 8.67. The van der Waals surface area contributed by atoms with Gasteiger partial charge in [-0.05, 0) is 54.8 Å². The van der Waals surface area contributed by atoms with Crippen molar-refractivity contribution in [3.63, 3.8) is 0 Å². The molecule has 0 aliphatic carbocycles. The first-order valence-corrected chi connectivity index (χ1v) is 9.48. The predicted molar refractivity (Wildman–Crippen MR) is 102 cm³/mol. The van der Waals surface area contributed by atoms with E-state index in [0.717, 1.165) is 39.9 Å². The summed E-state index contributed by atoms with van der Waals surface area (Å²) >= 11 is 1.52. The standard InChI is InChI=1S/C21H17F3N2S/c22-21(23,24)16-9-10-20-18(13-16)26(17-7-1-2-8-19(17)27-20)12-4-6-15-5-3-11-25-14-15/h1-3,5,7-11,13-14H,4,6,12H2. The van der Waals surface area contributed by atoms with Crippen LogP contribution < -0.4 is 4.90 Å². The second kappa shape index (κ2) is 7.27. The minimum absolute atomic E-state index is 0.613. The summed E-state index contributed by atoms with van der Waals surface area (Å²) in [4.78, 5) is 8.04. The third kappa shape index (κ3) is 3.81. The number of para-hydroxylation sites is 1. The van der Waals surface area contributed by atoms with Crippen molar-refractivity contribution < 1.29 is 13.2 Å². The van der Waals surface area contributed by atoms with E-state index in [1.165, 1.54) is 17.8 Å². The first-order chi connectivity index (χ1) is 13.0. The van der Waals surface area contributed by atoms with Crippen LogP contribution in [0.1, 0.15) is 17.5 Å². The number of pyridine rings is 1. The van der Waals surface area contributed by atoms with Crippen LogP contribution in [0.4, 0.5) is 24.5 Å². The molecule has 0 saturated heterocycles. The zero-order valence-electron chi connectivity index (χ0n) is 14.4. The molecule has 6 heteroatoms. The number of rotatable bonds is 4. The van der Waals surface area contributed by atoms with Crippen LogP contribution in [0.2, 0.25) is 0 Å². The maximum atomic E-state index is 13.2. The lowest BCUT2D eigenvalue weighted by molar-refractivity contribution is -0.137. The van der Waals surface area contributed by atoms with Crippen molar-refractivity contribution in [2.45, 2.75) is 28.8 Å². The van der Waals surface area contributed by atoms with Crippen molar-refractivity contribution in [2.24, 2.45) is 0 Å². The van der Waals surface area contributed by atoms with Crippen molar-refractivity contribution in [1.82, 2.24) is 4.98 Å². The van der Waals surface area contributed by atoms with Gasteiger partial charge in [-0.2, -0.15) is 13.2 Å². The molecule has 0 fully saturated rings. The normalized spacial score (nSPS) is 13.2. The predicted octanol–water partition coefficient (Wildman–Crippen LogP) is 6.34. The number of fused-ring (bicyclic) bond motifs is 2. The molecule has 2 aromatic carbocycles. The van der Waals surface area contributed by atoms with Crippen LogP contribution in [-0.4, -0.2) is 11.5 Å². The molecule has 4 rings (SSSR count). The molecule has 0 N–H and O–H groups in total. The van der Waals surface area contributed by atoms with Gasteiger partial charge in [0.1, 0.15) is 0 Å². The zero-order chi connectivity index (χ0) is 18.9. The number of hydrogen-bond acceptors (Lipinski definition) is 3. The molecule has 0 saturated carbocycles. The second-order valence-electron chi connectivity index (χ2n) is 6.37. The van der Waals surface area contributed by atoms with Crippen LogP contribution in [0.5, 0.6) is 0 Å². The average Bonchev–Trinajstić information content (AvgIpc) is 2.67. The minimum Gasteiger partial charge on any atom is -0.340 e. The Hall–Kier alpha value is -2.47. The van der Waals surface area contributed by atoms with Gasteiger partial charge in [-0.3, -0.25) is 4.98 Å². The highest BCUT2D eigenvalue weighted by Crippen LogP contribution is 2.49. The van der Waals surface area contributed by atoms with Gasteiger partial charge in [0, 0.05) is 28.7 Å². The summed E-state index contributed by atoms with van der Waals surface area (Å²) < 4.78 is 39.7. The fourth-order valence-electron chi connectivity index (χ4n) is 3.23. The molecule has 1 aromatic heterocycles. The Bertz CT molecular complexity index is 942. The average molecular weight is 386 g/mol. The number of aromatic nitrogens is 1. The summed E-state index contributed by atoms with van der Waals surface area (Å²) in [6, 6.07) is 15.8. The van der Waals surface area contributed by atoms with Gasteiger partial charge in [0.2, 0.25) is 0 Å². The quantitative estimate of drug-likeness (QED) is 0.521. The maximum absolute atomic E-state index is 13.2. The highest BCUT2D eigenvalue weighted by Gasteiger charge is 2.33. The molecule has 1 aliphatic heterocycles. The molecule has 0 atom stereocenters. The van der Waals surface area contributed by atoms with E-state index in [-0.39, 0.29) is 0 Å². The fraction of sp³-hybridized carbons (Fsp3) is 0.190. The van der Waals surface area contributed by atoms with Gasteiger partial charge in [-0.25, -0.2) is 0 Å². The second-order valence-corrected chi connectivity index (χ2v) is 7.45. The SMILES string of the molecule is FC(F)(F)c1ccc2c(c1)N(CCCc1cccnc1)c1ccccc1S2. The minimum atomic E-state index is -4.35. The Balaban J connectivity index is 1.65. The lowest BCUT2D eigenvalue weighted by Gasteiger charge is -2.33. The molecule has 0 amide bonds. The van der Waals surface area contributed by atoms with E-state index in [9.17, 15) is 13.2 Å². The van der Waals surface area contributed by atoms with Gasteiger partial charge in [0.25, 0.3) is 0 Å². The van der Waals surface area contributed by atoms with Crippen LogP contribution in [0.3, 0.4) is 0 Å². The summed E-state index contributed by atoms with van der Waals surface area (Å²) in [5.74, 6) is 0. The van der Waals surface area contributed by atoms with Gasteiger partial charge in [-0.1, -0.05) is 30.0 Å². The van der Waals surface area contributed by atoms with E-state index < -0.39 is 11.7 Å². The highest BCUT2D eigenvalue weighted by atomic mass is 32.2. The molecule has 1 aliphatic rings. The summed E-state index contributed by atoms with van der Waals surface area (Å²) in [5, 5.41) is 0. The molecule has 2 nitrogen and oxygen atoms in total. The summed E-state index contributed by atoms with van der Waals surface area (Å²) in [7, 11) is 0. The van der Waals surface area contributed by atoms with Crippen molar-refractivity contribution in [3.8, 4) is 0 Å². The Morgan fingerprint density at radius 1 is 0.926 bits per heavy atom. The van der Waals surface area contributed by atoms with Crippen molar-refractivity contribution in [3.05, 3.63) is 78.1 Å². The zero-order valence-corrected chi connectivity index (χ0v) is 15.2. The molecule has 138 valence electrons. The lowest BCUT2D eigenvalue weighted by atomic mass is 10.1. The maximum Gasteiger partial charge on any atom is 0.416 e. The molecule has 3 aromatic rings. The van der Waals surface area contributed by atoms with Gasteiger partial charge in [0.15, 0.2) is 0 Å². The number of halogens is 3. The number of benzene rings is 2. The molecular formula is C21H17F3N2S. The molecule has 0 radical (unpaired) electrons. The monoisotopic (exact) mass is 386 g/mol. The van der Waals surface area contributed by atoms with Gasteiger partial charge < -0.3 is 4.90 Å². The molecule has 0 spiro atoms. The van der Waals surface area contributed by atoms with Crippen LogP contribution in [0, 0.1) is 0 Å². The molecule has 2 heterocycles. The molecule has 0 bridgehead atoms. The van der Waals surface area contributed by atoms with Crippen molar-refractivity contribution in [1.29, 1.82) is 0 Å². The van der Waals surface area contributed by atoms with E-state index in [0.29, 0.717) is 12.2 Å². The Kier molecular flexibility index (Phi) is 4.83. The lowest BCUT2D eigenvalue weighted by Crippen LogP contribution is -2.23. The molecular weight excluding hydrogens is 369 g/mol. The largest absolute Gasteiger partial charge is 0.416 e. The van der Waals surface area contributed by atoms with Crippen LogP contribution in [0.15, 0.2) is 76.8 Å². The van der Waals surface area contributed by atoms with E-state index >= 15 is 0 Å². The third-order valence-corrected chi connectivity index (χ3v) is 5.65. The van der Waals surface area contributed by atoms with Gasteiger partial charge in [0.05, 0.1) is 16.9 Å². The van der Waals surface area contributed by atoms with Crippen LogP contribution in [-0.2, 0) is 12.6 Å². The number of aryl methyl sites for hydroxylation is 1. The van der Waals surface area contributed by atoms with Crippen LogP contribution >= 0.6 is 11.8 Å². The Labute approximate surface area is 160 Å². The van der Waals surface area contributed by atoms with Crippen molar-refractivity contribution in [2.75, 3.05) is 11.4 Å². The number of nitrogens with zero attached hydrogens (tertiary/aromatic N) is 2. The van der Waals surface area contributed by atoms with Gasteiger partial charge in [-0.15, -0.1) is 0 Å². The van der Waals surface area contributed by atoms with Crippen LogP contribution in [0.25, 0.3) is 0 Å². The number of hydrogen-bond donors (Lipinski definition) is 0. The topological polar surface area (TPSA) is 16.1 Å². The Morgan fingerprint density at radius 3 is 2.52 bits per heavy atom. The van der Waals surface area contributed by atoms with Gasteiger partial charge >= 0.3 is 6.18 Å². The number of alkyl halides is 3. The summed E-state index contributed by atoms with van der Waals surface area (Å²) in [6.45, 7) is 0.640. The highest BCUT2D eigenvalue weighted by molar-refractivity contribution is 7.99. The van der Waals surface area contributed by atoms with E-state index in [2.05, 4.69) is 4.98 Å². The molecule has 27 heavy (non-hydrogen) atoms. The van der Waals surface area contributed by atoms with E-state index in [1.54, 1.807) is 12.3 Å². The number of anilines is 2. The summed E-state index contributed by atoms with van der Waals surface area (Å²) in [5.41, 5.74) is 2.10. The van der Waals surface area contributed by atoms with E-state index in [1.807, 2.05) is 47.5 Å². The summed E-state index contributed by atoms with van der Waals surface area (Å²) in [6.07, 6.45) is 0.860.